The minimum atomic E-state index is -0.151. The summed E-state index contributed by atoms with van der Waals surface area (Å²) in [6.45, 7) is 6.26. The first-order valence-corrected chi connectivity index (χ1v) is 10.6. The summed E-state index contributed by atoms with van der Waals surface area (Å²) in [4.78, 5) is 34.2. The molecule has 30 heavy (non-hydrogen) atoms. The number of nitrogens with one attached hydrogen (secondary N) is 1. The third-order valence-electron chi connectivity index (χ3n) is 4.93. The molecule has 4 rings (SSSR count). The Hall–Kier alpha value is -2.98. The summed E-state index contributed by atoms with van der Waals surface area (Å²) in [7, 11) is 0. The van der Waals surface area contributed by atoms with Crippen LogP contribution in [0.4, 0.5) is 5.82 Å². The summed E-state index contributed by atoms with van der Waals surface area (Å²) in [5, 5.41) is 8.44. The van der Waals surface area contributed by atoms with E-state index < -0.39 is 0 Å². The molecule has 0 bridgehead atoms. The SMILES string of the molecule is Cc1cc(NC(=O)CN2CCN(C(=O)Cc3nc(-c4cccs4)oc3C)CC2)no1. The summed E-state index contributed by atoms with van der Waals surface area (Å²) < 4.78 is 10.7. The van der Waals surface area contributed by atoms with Gasteiger partial charge in [-0.25, -0.2) is 4.98 Å². The van der Waals surface area contributed by atoms with E-state index in [0.717, 1.165) is 4.88 Å². The Morgan fingerprint density at radius 2 is 2.03 bits per heavy atom. The third kappa shape index (κ3) is 4.77. The fourth-order valence-electron chi connectivity index (χ4n) is 3.32. The van der Waals surface area contributed by atoms with Gasteiger partial charge in [0.15, 0.2) is 5.82 Å². The van der Waals surface area contributed by atoms with Gasteiger partial charge in [-0.3, -0.25) is 14.5 Å². The number of thiophene rings is 1. The zero-order chi connectivity index (χ0) is 21.1. The van der Waals surface area contributed by atoms with E-state index in [4.69, 9.17) is 8.94 Å². The third-order valence-corrected chi connectivity index (χ3v) is 5.79. The van der Waals surface area contributed by atoms with Gasteiger partial charge in [0.2, 0.25) is 17.7 Å². The van der Waals surface area contributed by atoms with Crippen LogP contribution < -0.4 is 5.32 Å². The van der Waals surface area contributed by atoms with E-state index in [9.17, 15) is 9.59 Å². The number of anilines is 1. The summed E-state index contributed by atoms with van der Waals surface area (Å²) >= 11 is 1.55. The van der Waals surface area contributed by atoms with E-state index in [1.165, 1.54) is 0 Å². The summed E-state index contributed by atoms with van der Waals surface area (Å²) in [5.41, 5.74) is 0.674. The van der Waals surface area contributed by atoms with Crippen molar-refractivity contribution in [3.8, 4) is 10.8 Å². The van der Waals surface area contributed by atoms with Crippen molar-refractivity contribution in [1.29, 1.82) is 0 Å². The molecule has 158 valence electrons. The predicted octanol–water partition coefficient (Wildman–Crippen LogP) is 2.33. The van der Waals surface area contributed by atoms with Gasteiger partial charge in [0.25, 0.3) is 0 Å². The average Bonchev–Trinajstić information content (AvgIpc) is 3.45. The Balaban J connectivity index is 1.26. The van der Waals surface area contributed by atoms with Crippen molar-refractivity contribution in [3.63, 3.8) is 0 Å². The normalized spacial score (nSPS) is 14.8. The van der Waals surface area contributed by atoms with E-state index in [0.29, 0.717) is 55.1 Å². The molecule has 0 spiro atoms. The molecule has 0 unspecified atom stereocenters. The van der Waals surface area contributed by atoms with Gasteiger partial charge in [-0.2, -0.15) is 0 Å². The average molecular weight is 430 g/mol. The summed E-state index contributed by atoms with van der Waals surface area (Å²) in [5.74, 6) is 2.15. The number of aromatic nitrogens is 2. The standard InChI is InChI=1S/C20H23N5O4S/c1-13-10-17(23-29-13)22-18(26)12-24-5-7-25(8-6-24)19(27)11-15-14(2)28-20(21-15)16-4-3-9-30-16/h3-4,9-10H,5-8,11-12H2,1-2H3,(H,22,23,26). The van der Waals surface area contributed by atoms with Crippen molar-refractivity contribution >= 4 is 29.0 Å². The van der Waals surface area contributed by atoms with Crippen LogP contribution in [-0.2, 0) is 16.0 Å². The maximum atomic E-state index is 12.7. The Morgan fingerprint density at radius 3 is 2.70 bits per heavy atom. The molecule has 0 radical (unpaired) electrons. The largest absolute Gasteiger partial charge is 0.440 e. The number of rotatable bonds is 6. The molecule has 9 nitrogen and oxygen atoms in total. The zero-order valence-electron chi connectivity index (χ0n) is 16.9. The van der Waals surface area contributed by atoms with E-state index >= 15 is 0 Å². The Bertz CT molecular complexity index is 1020. The second-order valence-corrected chi connectivity index (χ2v) is 8.15. The molecule has 1 saturated heterocycles. The Morgan fingerprint density at radius 1 is 1.23 bits per heavy atom. The molecule has 0 saturated carbocycles. The maximum absolute atomic E-state index is 12.7. The van der Waals surface area contributed by atoms with Crippen LogP contribution in [0.15, 0.2) is 32.5 Å². The highest BCUT2D eigenvalue weighted by Crippen LogP contribution is 2.26. The lowest BCUT2D eigenvalue weighted by Crippen LogP contribution is -2.50. The monoisotopic (exact) mass is 429 g/mol. The quantitative estimate of drug-likeness (QED) is 0.641. The molecule has 0 aromatic carbocycles. The first-order valence-electron chi connectivity index (χ1n) is 9.71. The fourth-order valence-corrected chi connectivity index (χ4v) is 3.97. The molecule has 4 heterocycles. The number of hydrogen-bond donors (Lipinski definition) is 1. The molecule has 3 aromatic heterocycles. The minimum absolute atomic E-state index is 0.0197. The van der Waals surface area contributed by atoms with Gasteiger partial charge in [-0.15, -0.1) is 11.3 Å². The van der Waals surface area contributed by atoms with Gasteiger partial charge in [-0.05, 0) is 25.3 Å². The van der Waals surface area contributed by atoms with Gasteiger partial charge in [-0.1, -0.05) is 11.2 Å². The number of nitrogens with zero attached hydrogens (tertiary/aromatic N) is 4. The molecule has 3 aromatic rings. The van der Waals surface area contributed by atoms with E-state index in [1.54, 1.807) is 24.3 Å². The van der Waals surface area contributed by atoms with Crippen LogP contribution in [0.25, 0.3) is 10.8 Å². The Labute approximate surface area is 177 Å². The van der Waals surface area contributed by atoms with E-state index in [-0.39, 0.29) is 24.8 Å². The van der Waals surface area contributed by atoms with E-state index in [1.807, 2.05) is 34.2 Å². The number of piperazine rings is 1. The lowest BCUT2D eigenvalue weighted by Gasteiger charge is -2.34. The zero-order valence-corrected chi connectivity index (χ0v) is 17.7. The number of carbonyl (C=O) groups is 2. The molecular formula is C20H23N5O4S. The van der Waals surface area contributed by atoms with Gasteiger partial charge < -0.3 is 19.2 Å². The van der Waals surface area contributed by atoms with Crippen LogP contribution in [-0.4, -0.2) is 64.5 Å². The van der Waals surface area contributed by atoms with Crippen LogP contribution in [0.5, 0.6) is 0 Å². The van der Waals surface area contributed by atoms with Crippen molar-refractivity contribution < 1.29 is 18.5 Å². The molecule has 1 N–H and O–H groups in total. The number of aryl methyl sites for hydroxylation is 2. The smallest absolute Gasteiger partial charge is 0.239 e. The molecule has 2 amide bonds. The van der Waals surface area contributed by atoms with Crippen molar-refractivity contribution in [2.75, 3.05) is 38.0 Å². The van der Waals surface area contributed by atoms with E-state index in [2.05, 4.69) is 15.5 Å². The van der Waals surface area contributed by atoms with Crippen molar-refractivity contribution in [3.05, 3.63) is 40.8 Å². The fraction of sp³-hybridized carbons (Fsp3) is 0.400. The minimum Gasteiger partial charge on any atom is -0.440 e. The van der Waals surface area contributed by atoms with Crippen LogP contribution in [0.1, 0.15) is 17.2 Å². The lowest BCUT2D eigenvalue weighted by molar-refractivity contribution is -0.132. The molecule has 10 heteroatoms. The second-order valence-electron chi connectivity index (χ2n) is 7.20. The predicted molar refractivity (Wildman–Crippen MR) is 111 cm³/mol. The van der Waals surface area contributed by atoms with Crippen molar-refractivity contribution in [1.82, 2.24) is 19.9 Å². The summed E-state index contributed by atoms with van der Waals surface area (Å²) in [6, 6.07) is 5.56. The molecule has 0 aliphatic carbocycles. The number of carbonyl (C=O) groups excluding carboxylic acids is 2. The van der Waals surface area contributed by atoms with Crippen LogP contribution in [0.2, 0.25) is 0 Å². The first kappa shape index (κ1) is 20.3. The highest BCUT2D eigenvalue weighted by molar-refractivity contribution is 7.13. The van der Waals surface area contributed by atoms with Crippen molar-refractivity contribution in [2.45, 2.75) is 20.3 Å². The number of amides is 2. The molecule has 1 aliphatic heterocycles. The Kier molecular flexibility index (Phi) is 5.96. The highest BCUT2D eigenvalue weighted by atomic mass is 32.1. The molecular weight excluding hydrogens is 406 g/mol. The molecule has 0 atom stereocenters. The van der Waals surface area contributed by atoms with Gasteiger partial charge in [0.1, 0.15) is 11.5 Å². The molecule has 1 aliphatic rings. The summed E-state index contributed by atoms with van der Waals surface area (Å²) in [6.07, 6.45) is 0.215. The van der Waals surface area contributed by atoms with Crippen LogP contribution in [0.3, 0.4) is 0 Å². The topological polar surface area (TPSA) is 105 Å². The van der Waals surface area contributed by atoms with Gasteiger partial charge in [0, 0.05) is 32.2 Å². The number of hydrogen-bond acceptors (Lipinski definition) is 8. The second kappa shape index (κ2) is 8.80. The number of oxazole rings is 1. The highest BCUT2D eigenvalue weighted by Gasteiger charge is 2.24. The van der Waals surface area contributed by atoms with Gasteiger partial charge in [0.05, 0.1) is 23.5 Å². The maximum Gasteiger partial charge on any atom is 0.239 e. The first-order chi connectivity index (χ1) is 14.5. The van der Waals surface area contributed by atoms with Gasteiger partial charge >= 0.3 is 0 Å². The van der Waals surface area contributed by atoms with Crippen LogP contribution in [0, 0.1) is 13.8 Å². The van der Waals surface area contributed by atoms with Crippen LogP contribution >= 0.6 is 11.3 Å². The van der Waals surface area contributed by atoms with Crippen molar-refractivity contribution in [2.24, 2.45) is 0 Å². The lowest BCUT2D eigenvalue weighted by atomic mass is 10.2. The molecule has 1 fully saturated rings.